The van der Waals surface area contributed by atoms with E-state index in [1.165, 1.54) is 23.0 Å². The maximum atomic E-state index is 11.4. The van der Waals surface area contributed by atoms with E-state index >= 15 is 0 Å². The number of carbonyl (C=O) groups is 1. The second-order valence-electron chi connectivity index (χ2n) is 3.81. The normalized spacial score (nSPS) is 8.75. The molecule has 2 nitrogen and oxygen atoms in total. The molecule has 0 fully saturated rings. The largest absolute Gasteiger partial charge is 0.374 e. The van der Waals surface area contributed by atoms with Gasteiger partial charge < -0.3 is 4.90 Å². The highest BCUT2D eigenvalue weighted by Crippen LogP contribution is 2.14. The average molecular weight is 298 g/mol. The zero-order valence-corrected chi connectivity index (χ0v) is 15.0. The lowest BCUT2D eigenvalue weighted by atomic mass is 10.2. The lowest BCUT2D eigenvalue weighted by molar-refractivity contribution is -0.110. The fourth-order valence-corrected chi connectivity index (χ4v) is 1.98. The van der Waals surface area contributed by atoms with E-state index in [0.717, 1.165) is 12.3 Å². The number of nitrogens with zero attached hydrogens (tertiary/aromatic N) is 1. The standard InChI is InChI=1S/C13H19NOS.2C2H6/c1-4-16-13(15)9-10-14(3)12-7-5-11(2)6-8-12;2*1-2/h5-8H,4,9-10H2,1-3H3;2*1-2H3. The van der Waals surface area contributed by atoms with Crippen LogP contribution in [0.15, 0.2) is 24.3 Å². The highest BCUT2D eigenvalue weighted by Gasteiger charge is 2.04. The second-order valence-corrected chi connectivity index (χ2v) is 5.13. The molecule has 0 N–H and O–H groups in total. The molecule has 0 bridgehead atoms. The number of benzene rings is 1. The number of hydrogen-bond acceptors (Lipinski definition) is 3. The lowest BCUT2D eigenvalue weighted by Gasteiger charge is -2.18. The molecule has 1 rings (SSSR count). The number of anilines is 1. The van der Waals surface area contributed by atoms with Gasteiger partial charge in [0.15, 0.2) is 5.12 Å². The summed E-state index contributed by atoms with van der Waals surface area (Å²) >= 11 is 1.41. The quantitative estimate of drug-likeness (QED) is 0.749. The fraction of sp³-hybridized carbons (Fsp3) is 0.588. The molecule has 0 aliphatic carbocycles. The summed E-state index contributed by atoms with van der Waals surface area (Å²) in [6.45, 7) is 12.9. The SMILES string of the molecule is CC.CC.CCSC(=O)CCN(C)c1ccc(C)cc1. The van der Waals surface area contributed by atoms with Crippen LogP contribution in [0.1, 0.15) is 46.6 Å². The molecule has 20 heavy (non-hydrogen) atoms. The summed E-state index contributed by atoms with van der Waals surface area (Å²) in [5.74, 6) is 0.868. The van der Waals surface area contributed by atoms with Gasteiger partial charge in [-0.3, -0.25) is 4.79 Å². The van der Waals surface area contributed by atoms with Crippen molar-refractivity contribution in [1.29, 1.82) is 0 Å². The smallest absolute Gasteiger partial charge is 0.190 e. The predicted molar refractivity (Wildman–Crippen MR) is 94.9 cm³/mol. The highest BCUT2D eigenvalue weighted by atomic mass is 32.2. The van der Waals surface area contributed by atoms with Crippen LogP contribution in [0.3, 0.4) is 0 Å². The van der Waals surface area contributed by atoms with Crippen molar-refractivity contribution in [3.63, 3.8) is 0 Å². The Hall–Kier alpha value is -0.960. The van der Waals surface area contributed by atoms with Crippen LogP contribution in [-0.2, 0) is 4.79 Å². The first-order valence-electron chi connectivity index (χ1n) is 7.57. The van der Waals surface area contributed by atoms with Crippen molar-refractivity contribution in [2.75, 3.05) is 24.2 Å². The Labute approximate surface area is 130 Å². The van der Waals surface area contributed by atoms with Crippen molar-refractivity contribution in [3.05, 3.63) is 29.8 Å². The van der Waals surface area contributed by atoms with Crippen LogP contribution in [0.25, 0.3) is 0 Å². The van der Waals surface area contributed by atoms with Gasteiger partial charge in [-0.2, -0.15) is 0 Å². The molecule has 0 aromatic heterocycles. The third-order valence-electron chi connectivity index (χ3n) is 2.43. The Morgan fingerprint density at radius 1 is 1.10 bits per heavy atom. The number of hydrogen-bond donors (Lipinski definition) is 0. The van der Waals surface area contributed by atoms with E-state index in [-0.39, 0.29) is 5.12 Å². The Morgan fingerprint density at radius 2 is 1.60 bits per heavy atom. The van der Waals surface area contributed by atoms with Gasteiger partial charge in [-0.15, -0.1) is 0 Å². The van der Waals surface area contributed by atoms with Crippen LogP contribution in [-0.4, -0.2) is 24.5 Å². The maximum absolute atomic E-state index is 11.4. The summed E-state index contributed by atoms with van der Waals surface area (Å²) in [7, 11) is 2.02. The Balaban J connectivity index is 0. The van der Waals surface area contributed by atoms with Crippen LogP contribution >= 0.6 is 11.8 Å². The summed E-state index contributed by atoms with van der Waals surface area (Å²) in [4.78, 5) is 13.5. The molecule has 0 unspecified atom stereocenters. The van der Waals surface area contributed by atoms with Crippen molar-refractivity contribution < 1.29 is 4.79 Å². The predicted octanol–water partition coefficient (Wildman–Crippen LogP) is 5.15. The van der Waals surface area contributed by atoms with Crippen molar-refractivity contribution in [3.8, 4) is 0 Å². The third-order valence-corrected chi connectivity index (χ3v) is 3.25. The molecule has 0 amide bonds. The van der Waals surface area contributed by atoms with Gasteiger partial charge in [-0.1, -0.05) is 64.1 Å². The van der Waals surface area contributed by atoms with Gasteiger partial charge in [0.25, 0.3) is 0 Å². The second kappa shape index (κ2) is 14.4. The number of aryl methyl sites for hydroxylation is 1. The molecule has 0 radical (unpaired) electrons. The molecule has 0 spiro atoms. The lowest BCUT2D eigenvalue weighted by Crippen LogP contribution is -2.20. The van der Waals surface area contributed by atoms with Crippen LogP contribution in [0.5, 0.6) is 0 Å². The highest BCUT2D eigenvalue weighted by molar-refractivity contribution is 8.13. The first-order valence-corrected chi connectivity index (χ1v) is 8.55. The molecule has 116 valence electrons. The van der Waals surface area contributed by atoms with Crippen LogP contribution in [0.4, 0.5) is 5.69 Å². The van der Waals surface area contributed by atoms with Gasteiger partial charge in [0.05, 0.1) is 0 Å². The molecule has 0 heterocycles. The maximum Gasteiger partial charge on any atom is 0.190 e. The minimum absolute atomic E-state index is 0.279. The summed E-state index contributed by atoms with van der Waals surface area (Å²) in [6, 6.07) is 8.36. The third kappa shape index (κ3) is 9.90. The van der Waals surface area contributed by atoms with E-state index in [0.29, 0.717) is 6.42 Å². The Kier molecular flexibility index (Phi) is 15.4. The van der Waals surface area contributed by atoms with E-state index in [1.807, 2.05) is 41.7 Å². The minimum Gasteiger partial charge on any atom is -0.374 e. The van der Waals surface area contributed by atoms with E-state index in [2.05, 4.69) is 36.1 Å². The van der Waals surface area contributed by atoms with Crippen molar-refractivity contribution >= 4 is 22.6 Å². The molecule has 0 aliphatic heterocycles. The van der Waals surface area contributed by atoms with Gasteiger partial charge in [0, 0.05) is 25.7 Å². The fourth-order valence-electron chi connectivity index (χ4n) is 1.42. The summed E-state index contributed by atoms with van der Waals surface area (Å²) in [5.41, 5.74) is 2.43. The van der Waals surface area contributed by atoms with E-state index in [4.69, 9.17) is 0 Å². The molecule has 1 aromatic rings. The molecule has 0 saturated heterocycles. The Morgan fingerprint density at radius 3 is 2.05 bits per heavy atom. The van der Waals surface area contributed by atoms with Gasteiger partial charge >= 0.3 is 0 Å². The number of rotatable bonds is 5. The zero-order chi connectivity index (χ0) is 16.0. The van der Waals surface area contributed by atoms with Gasteiger partial charge in [-0.25, -0.2) is 0 Å². The van der Waals surface area contributed by atoms with Crippen LogP contribution < -0.4 is 4.90 Å². The molecule has 0 aliphatic rings. The molecule has 0 saturated carbocycles. The average Bonchev–Trinajstić information content (AvgIpc) is 2.50. The summed E-state index contributed by atoms with van der Waals surface area (Å²) in [6.07, 6.45) is 0.614. The molecular formula is C17H31NOS. The van der Waals surface area contributed by atoms with E-state index in [9.17, 15) is 4.79 Å². The monoisotopic (exact) mass is 297 g/mol. The van der Waals surface area contributed by atoms with Crippen molar-refractivity contribution in [2.45, 2.75) is 48.0 Å². The van der Waals surface area contributed by atoms with E-state index < -0.39 is 0 Å². The summed E-state index contributed by atoms with van der Waals surface area (Å²) < 4.78 is 0. The summed E-state index contributed by atoms with van der Waals surface area (Å²) in [5, 5.41) is 0.279. The minimum atomic E-state index is 0.279. The van der Waals surface area contributed by atoms with Gasteiger partial charge in [-0.05, 0) is 24.8 Å². The van der Waals surface area contributed by atoms with Gasteiger partial charge in [0.1, 0.15) is 0 Å². The molecule has 1 aromatic carbocycles. The van der Waals surface area contributed by atoms with Crippen molar-refractivity contribution in [2.24, 2.45) is 0 Å². The Bertz CT molecular complexity index is 335. The molecule has 3 heteroatoms. The van der Waals surface area contributed by atoms with Crippen LogP contribution in [0, 0.1) is 6.92 Å². The zero-order valence-electron chi connectivity index (χ0n) is 14.2. The van der Waals surface area contributed by atoms with Gasteiger partial charge in [0.2, 0.25) is 0 Å². The first-order chi connectivity index (χ1) is 9.63. The molecule has 0 atom stereocenters. The van der Waals surface area contributed by atoms with E-state index in [1.54, 1.807) is 0 Å². The number of carbonyl (C=O) groups excluding carboxylic acids is 1. The first kappa shape index (κ1) is 21.3. The molecular weight excluding hydrogens is 266 g/mol. The number of thioether (sulfide) groups is 1. The van der Waals surface area contributed by atoms with Crippen LogP contribution in [0.2, 0.25) is 0 Å². The topological polar surface area (TPSA) is 20.3 Å². The van der Waals surface area contributed by atoms with Crippen molar-refractivity contribution in [1.82, 2.24) is 0 Å².